The number of methoxy groups -OCH3 is 1. The molecule has 0 saturated heterocycles. The Bertz CT molecular complexity index is 661. The number of hydrogen-bond donors (Lipinski definition) is 1. The van der Waals surface area contributed by atoms with Gasteiger partial charge in [-0.15, -0.1) is 0 Å². The van der Waals surface area contributed by atoms with Gasteiger partial charge in [0, 0.05) is 18.3 Å². The SMILES string of the molecule is COC(=O)C(N)c1cc2ccc(C(F)(F)F)cc2n1C. The summed E-state index contributed by atoms with van der Waals surface area (Å²) in [5.41, 5.74) is 5.72. The highest BCUT2D eigenvalue weighted by Crippen LogP contribution is 2.32. The molecular formula is C13H13F3N2O2. The Morgan fingerprint density at radius 2 is 2.00 bits per heavy atom. The predicted octanol–water partition coefficient (Wildman–Crippen LogP) is 2.37. The number of carbonyl (C=O) groups is 1. The van der Waals surface area contributed by atoms with E-state index in [0.717, 1.165) is 12.1 Å². The maximum Gasteiger partial charge on any atom is 0.416 e. The van der Waals surface area contributed by atoms with E-state index in [0.29, 0.717) is 16.6 Å². The maximum atomic E-state index is 12.7. The van der Waals surface area contributed by atoms with Gasteiger partial charge in [0.1, 0.15) is 6.04 Å². The summed E-state index contributed by atoms with van der Waals surface area (Å²) in [5, 5.41) is 0.579. The predicted molar refractivity (Wildman–Crippen MR) is 66.9 cm³/mol. The van der Waals surface area contributed by atoms with Crippen LogP contribution in [-0.2, 0) is 22.8 Å². The number of hydrogen-bond acceptors (Lipinski definition) is 3. The highest BCUT2D eigenvalue weighted by Gasteiger charge is 2.31. The Balaban J connectivity index is 2.56. The molecule has 1 aromatic heterocycles. The molecule has 0 spiro atoms. The van der Waals surface area contributed by atoms with Gasteiger partial charge in [-0.3, -0.25) is 0 Å². The van der Waals surface area contributed by atoms with Gasteiger partial charge in [0.25, 0.3) is 0 Å². The number of nitrogens with zero attached hydrogens (tertiary/aromatic N) is 1. The van der Waals surface area contributed by atoms with E-state index in [-0.39, 0.29) is 0 Å². The second kappa shape index (κ2) is 4.82. The number of nitrogens with two attached hydrogens (primary N) is 1. The molecule has 2 aromatic rings. The summed E-state index contributed by atoms with van der Waals surface area (Å²) < 4.78 is 44.1. The Hall–Kier alpha value is -2.02. The summed E-state index contributed by atoms with van der Waals surface area (Å²) in [6.07, 6.45) is -4.41. The van der Waals surface area contributed by atoms with Crippen LogP contribution in [0.15, 0.2) is 24.3 Å². The Morgan fingerprint density at radius 3 is 2.55 bits per heavy atom. The number of esters is 1. The fraction of sp³-hybridized carbons (Fsp3) is 0.308. The smallest absolute Gasteiger partial charge is 0.416 e. The van der Waals surface area contributed by atoms with Crippen molar-refractivity contribution in [3.63, 3.8) is 0 Å². The third-order valence-electron chi connectivity index (χ3n) is 3.18. The fourth-order valence-corrected chi connectivity index (χ4v) is 2.07. The van der Waals surface area contributed by atoms with Crippen LogP contribution < -0.4 is 5.73 Å². The number of carbonyl (C=O) groups excluding carboxylic acids is 1. The minimum Gasteiger partial charge on any atom is -0.468 e. The van der Waals surface area contributed by atoms with Crippen LogP contribution in [-0.4, -0.2) is 17.6 Å². The normalized spacial score (nSPS) is 13.5. The number of rotatable bonds is 2. The zero-order chi connectivity index (χ0) is 15.1. The zero-order valence-corrected chi connectivity index (χ0v) is 10.9. The molecule has 0 aliphatic carbocycles. The van der Waals surface area contributed by atoms with E-state index in [1.54, 1.807) is 13.1 Å². The molecule has 2 N–H and O–H groups in total. The zero-order valence-electron chi connectivity index (χ0n) is 10.9. The number of ether oxygens (including phenoxy) is 1. The standard InChI is InChI=1S/C13H13F3N2O2/c1-18-9-6-8(13(14,15)16)4-3-7(9)5-10(18)11(17)12(19)20-2/h3-6,11H,17H2,1-2H3. The van der Waals surface area contributed by atoms with Gasteiger partial charge in [-0.25, -0.2) is 4.79 Å². The quantitative estimate of drug-likeness (QED) is 0.862. The summed E-state index contributed by atoms with van der Waals surface area (Å²) >= 11 is 0. The minimum atomic E-state index is -4.41. The van der Waals surface area contributed by atoms with E-state index in [1.165, 1.54) is 17.7 Å². The second-order valence-electron chi connectivity index (χ2n) is 4.40. The number of halogens is 3. The first-order chi connectivity index (χ1) is 9.25. The highest BCUT2D eigenvalue weighted by atomic mass is 19.4. The van der Waals surface area contributed by atoms with Gasteiger partial charge in [0.2, 0.25) is 0 Å². The third-order valence-corrected chi connectivity index (χ3v) is 3.18. The molecule has 1 unspecified atom stereocenters. The van der Waals surface area contributed by atoms with Gasteiger partial charge in [0.05, 0.1) is 12.7 Å². The minimum absolute atomic E-state index is 0.356. The van der Waals surface area contributed by atoms with Gasteiger partial charge in [0.15, 0.2) is 0 Å². The average molecular weight is 286 g/mol. The molecule has 0 amide bonds. The van der Waals surface area contributed by atoms with Crippen LogP contribution in [0.2, 0.25) is 0 Å². The van der Waals surface area contributed by atoms with E-state index >= 15 is 0 Å². The van der Waals surface area contributed by atoms with E-state index in [4.69, 9.17) is 5.73 Å². The number of alkyl halides is 3. The lowest BCUT2D eigenvalue weighted by atomic mass is 10.1. The third kappa shape index (κ3) is 2.36. The first kappa shape index (κ1) is 14.4. The van der Waals surface area contributed by atoms with Gasteiger partial charge in [-0.05, 0) is 23.6 Å². The van der Waals surface area contributed by atoms with Crippen molar-refractivity contribution in [3.05, 3.63) is 35.5 Å². The van der Waals surface area contributed by atoms with Crippen molar-refractivity contribution in [1.29, 1.82) is 0 Å². The lowest BCUT2D eigenvalue weighted by molar-refractivity contribution is -0.142. The molecule has 0 aliphatic rings. The highest BCUT2D eigenvalue weighted by molar-refractivity contribution is 5.85. The van der Waals surface area contributed by atoms with Gasteiger partial charge in [-0.2, -0.15) is 13.2 Å². The molecule has 1 atom stereocenters. The first-order valence-corrected chi connectivity index (χ1v) is 5.75. The molecular weight excluding hydrogens is 273 g/mol. The van der Waals surface area contributed by atoms with Crippen LogP contribution in [0.5, 0.6) is 0 Å². The average Bonchev–Trinajstić information content (AvgIpc) is 2.73. The molecule has 4 nitrogen and oxygen atoms in total. The van der Waals surface area contributed by atoms with E-state index in [9.17, 15) is 18.0 Å². The van der Waals surface area contributed by atoms with Crippen LogP contribution >= 0.6 is 0 Å². The molecule has 1 heterocycles. The van der Waals surface area contributed by atoms with Crippen molar-refractivity contribution in [3.8, 4) is 0 Å². The fourth-order valence-electron chi connectivity index (χ4n) is 2.07. The number of aromatic nitrogens is 1. The largest absolute Gasteiger partial charge is 0.468 e. The van der Waals surface area contributed by atoms with Crippen LogP contribution in [0.3, 0.4) is 0 Å². The Labute approximate surface area is 112 Å². The van der Waals surface area contributed by atoms with Crippen LogP contribution in [0.1, 0.15) is 17.3 Å². The molecule has 20 heavy (non-hydrogen) atoms. The second-order valence-corrected chi connectivity index (χ2v) is 4.40. The summed E-state index contributed by atoms with van der Waals surface area (Å²) in [5.74, 6) is -0.646. The molecule has 2 rings (SSSR count). The van der Waals surface area contributed by atoms with Gasteiger partial charge < -0.3 is 15.0 Å². The summed E-state index contributed by atoms with van der Waals surface area (Å²) in [7, 11) is 2.76. The number of fused-ring (bicyclic) bond motifs is 1. The molecule has 0 aliphatic heterocycles. The van der Waals surface area contributed by atoms with E-state index < -0.39 is 23.8 Å². The van der Waals surface area contributed by atoms with Crippen molar-refractivity contribution in [2.75, 3.05) is 7.11 Å². The monoisotopic (exact) mass is 286 g/mol. The van der Waals surface area contributed by atoms with Crippen LogP contribution in [0, 0.1) is 0 Å². The molecule has 1 aromatic carbocycles. The molecule has 0 bridgehead atoms. The van der Waals surface area contributed by atoms with Crippen LogP contribution in [0.25, 0.3) is 10.9 Å². The molecule has 108 valence electrons. The summed E-state index contributed by atoms with van der Waals surface area (Å²) in [6, 6.07) is 3.92. The molecule has 0 radical (unpaired) electrons. The van der Waals surface area contributed by atoms with Gasteiger partial charge in [-0.1, -0.05) is 6.07 Å². The number of aryl methyl sites for hydroxylation is 1. The van der Waals surface area contributed by atoms with Crippen molar-refractivity contribution in [2.45, 2.75) is 12.2 Å². The van der Waals surface area contributed by atoms with E-state index in [1.807, 2.05) is 0 Å². The number of benzene rings is 1. The summed E-state index contributed by atoms with van der Waals surface area (Å²) in [4.78, 5) is 11.4. The van der Waals surface area contributed by atoms with Gasteiger partial charge >= 0.3 is 12.1 Å². The van der Waals surface area contributed by atoms with Crippen LogP contribution in [0.4, 0.5) is 13.2 Å². The van der Waals surface area contributed by atoms with Crippen molar-refractivity contribution in [2.24, 2.45) is 12.8 Å². The Morgan fingerprint density at radius 1 is 1.35 bits per heavy atom. The lowest BCUT2D eigenvalue weighted by Crippen LogP contribution is -2.24. The first-order valence-electron chi connectivity index (χ1n) is 5.75. The topological polar surface area (TPSA) is 57.2 Å². The summed E-state index contributed by atoms with van der Waals surface area (Å²) in [6.45, 7) is 0. The van der Waals surface area contributed by atoms with Crippen molar-refractivity contribution in [1.82, 2.24) is 4.57 Å². The van der Waals surface area contributed by atoms with Crippen molar-refractivity contribution < 1.29 is 22.7 Å². The van der Waals surface area contributed by atoms with Crippen molar-refractivity contribution >= 4 is 16.9 Å². The van der Waals surface area contributed by atoms with E-state index in [2.05, 4.69) is 4.74 Å². The molecule has 0 fully saturated rings. The molecule has 0 saturated carbocycles. The maximum absolute atomic E-state index is 12.7. The lowest BCUT2D eigenvalue weighted by Gasteiger charge is -2.11. The Kier molecular flexibility index (Phi) is 3.47. The molecule has 7 heteroatoms.